The van der Waals surface area contributed by atoms with Crippen LogP contribution in [0.4, 0.5) is 8.78 Å². The molecule has 2 rings (SSSR count). The van der Waals surface area contributed by atoms with Gasteiger partial charge in [0.25, 0.3) is 0 Å². The number of hydrogen-bond acceptors (Lipinski definition) is 3. The fraction of sp³-hybridized carbons (Fsp3) is 0.0714. The molecule has 0 heterocycles. The molecule has 0 saturated heterocycles. The molecular formula is C14H10F2O4. The largest absolute Gasteiger partial charge is 0.476 e. The van der Waals surface area contributed by atoms with Gasteiger partial charge < -0.3 is 14.6 Å². The molecule has 0 atom stereocenters. The molecule has 0 aliphatic rings. The first-order chi connectivity index (χ1) is 9.58. The van der Waals surface area contributed by atoms with E-state index in [0.29, 0.717) is 0 Å². The number of benzene rings is 2. The zero-order chi connectivity index (χ0) is 14.5. The number of carboxylic acids is 1. The molecule has 0 unspecified atom stereocenters. The fourth-order valence-electron chi connectivity index (χ4n) is 1.44. The van der Waals surface area contributed by atoms with Gasteiger partial charge in [0.1, 0.15) is 0 Å². The van der Waals surface area contributed by atoms with Crippen molar-refractivity contribution < 1.29 is 28.2 Å². The van der Waals surface area contributed by atoms with E-state index >= 15 is 0 Å². The highest BCUT2D eigenvalue weighted by atomic mass is 19.1. The van der Waals surface area contributed by atoms with Gasteiger partial charge >= 0.3 is 12.3 Å². The number of hydrogen-bond donors (Lipinski definition) is 1. The van der Waals surface area contributed by atoms with Gasteiger partial charge in [-0.2, -0.15) is 0 Å². The lowest BCUT2D eigenvalue weighted by molar-refractivity contribution is -0.158. The number of carboxylic acid groups (broad SMARTS) is 1. The molecule has 0 bridgehead atoms. The molecule has 2 aromatic carbocycles. The molecule has 0 radical (unpaired) electrons. The average molecular weight is 280 g/mol. The van der Waals surface area contributed by atoms with E-state index < -0.39 is 23.9 Å². The van der Waals surface area contributed by atoms with Gasteiger partial charge in [0.05, 0.1) is 0 Å². The lowest BCUT2D eigenvalue weighted by atomic mass is 10.3. The van der Waals surface area contributed by atoms with E-state index in [1.807, 2.05) is 0 Å². The van der Waals surface area contributed by atoms with Crippen molar-refractivity contribution in [3.63, 3.8) is 0 Å². The lowest BCUT2D eigenvalue weighted by Crippen LogP contribution is -2.33. The van der Waals surface area contributed by atoms with Crippen molar-refractivity contribution in [3.05, 3.63) is 60.2 Å². The normalized spacial score (nSPS) is 10.3. The summed E-state index contributed by atoms with van der Waals surface area (Å²) < 4.78 is 36.6. The number of ether oxygens (including phenoxy) is 2. The van der Waals surface area contributed by atoms with Gasteiger partial charge in [-0.15, -0.1) is 0 Å². The van der Waals surface area contributed by atoms with Crippen LogP contribution >= 0.6 is 0 Å². The minimum absolute atomic E-state index is 0.295. The van der Waals surface area contributed by atoms with E-state index in [4.69, 9.17) is 14.6 Å². The van der Waals surface area contributed by atoms with Crippen LogP contribution in [0.3, 0.4) is 0 Å². The van der Waals surface area contributed by atoms with Crippen molar-refractivity contribution in [1.82, 2.24) is 0 Å². The van der Waals surface area contributed by atoms with Crippen molar-refractivity contribution in [2.45, 2.75) is 6.29 Å². The first-order valence-corrected chi connectivity index (χ1v) is 5.63. The van der Waals surface area contributed by atoms with E-state index in [1.165, 1.54) is 36.4 Å². The van der Waals surface area contributed by atoms with Crippen molar-refractivity contribution in [1.29, 1.82) is 0 Å². The molecule has 0 amide bonds. The Morgan fingerprint density at radius 2 is 1.30 bits per heavy atom. The number of aliphatic carboxylic acids is 1. The number of carbonyl (C=O) groups is 1. The predicted octanol–water partition coefficient (Wildman–Crippen LogP) is 2.83. The SMILES string of the molecule is O=C(O)C(Oc1ccccc1F)Oc1ccccc1F. The average Bonchev–Trinajstić information content (AvgIpc) is 2.42. The van der Waals surface area contributed by atoms with E-state index in [1.54, 1.807) is 0 Å². The summed E-state index contributed by atoms with van der Waals surface area (Å²) in [7, 11) is 0. The van der Waals surface area contributed by atoms with Crippen molar-refractivity contribution >= 4 is 5.97 Å². The Hall–Kier alpha value is -2.63. The van der Waals surface area contributed by atoms with Gasteiger partial charge in [-0.1, -0.05) is 24.3 Å². The third-order valence-corrected chi connectivity index (χ3v) is 2.34. The second-order valence-corrected chi connectivity index (χ2v) is 3.77. The van der Waals surface area contributed by atoms with Gasteiger partial charge in [0.15, 0.2) is 23.1 Å². The molecule has 104 valence electrons. The van der Waals surface area contributed by atoms with Gasteiger partial charge in [-0.05, 0) is 24.3 Å². The Labute approximate surface area is 113 Å². The summed E-state index contributed by atoms with van der Waals surface area (Å²) in [6, 6.07) is 10.5. The quantitative estimate of drug-likeness (QED) is 0.856. The van der Waals surface area contributed by atoms with Crippen molar-refractivity contribution in [3.8, 4) is 11.5 Å². The van der Waals surface area contributed by atoms with Crippen molar-refractivity contribution in [2.24, 2.45) is 0 Å². The smallest absolute Gasteiger partial charge is 0.387 e. The monoisotopic (exact) mass is 280 g/mol. The summed E-state index contributed by atoms with van der Waals surface area (Å²) >= 11 is 0. The lowest BCUT2D eigenvalue weighted by Gasteiger charge is -2.17. The Morgan fingerprint density at radius 3 is 1.65 bits per heavy atom. The van der Waals surface area contributed by atoms with Crippen molar-refractivity contribution in [2.75, 3.05) is 0 Å². The van der Waals surface area contributed by atoms with Gasteiger partial charge in [0, 0.05) is 0 Å². The summed E-state index contributed by atoms with van der Waals surface area (Å²) in [4.78, 5) is 11.0. The van der Waals surface area contributed by atoms with Crippen LogP contribution in [0.15, 0.2) is 48.5 Å². The molecule has 0 aliphatic heterocycles. The molecule has 0 spiro atoms. The van der Waals surface area contributed by atoms with Gasteiger partial charge in [-0.25, -0.2) is 13.6 Å². The molecule has 20 heavy (non-hydrogen) atoms. The molecule has 1 N–H and O–H groups in total. The molecule has 0 aliphatic carbocycles. The van der Waals surface area contributed by atoms with Crippen LogP contribution in [0.1, 0.15) is 0 Å². The third-order valence-electron chi connectivity index (χ3n) is 2.34. The maximum atomic E-state index is 13.4. The Balaban J connectivity index is 2.19. The molecule has 2 aromatic rings. The van der Waals surface area contributed by atoms with Crippen LogP contribution in [0.2, 0.25) is 0 Å². The Bertz CT molecular complexity index is 568. The first kappa shape index (κ1) is 13.8. The predicted molar refractivity (Wildman–Crippen MR) is 65.5 cm³/mol. The third kappa shape index (κ3) is 3.23. The van der Waals surface area contributed by atoms with E-state index in [-0.39, 0.29) is 11.5 Å². The standard InChI is InChI=1S/C14H10F2O4/c15-9-5-1-3-7-11(9)19-14(13(17)18)20-12-8-4-2-6-10(12)16/h1-8,14H,(H,17,18). The molecule has 0 saturated carbocycles. The number of para-hydroxylation sites is 2. The Morgan fingerprint density at radius 1 is 0.900 bits per heavy atom. The van der Waals surface area contributed by atoms with E-state index in [2.05, 4.69) is 0 Å². The molecule has 0 aromatic heterocycles. The number of rotatable bonds is 5. The maximum Gasteiger partial charge on any atom is 0.387 e. The zero-order valence-electron chi connectivity index (χ0n) is 10.1. The highest BCUT2D eigenvalue weighted by Gasteiger charge is 2.24. The van der Waals surface area contributed by atoms with Crippen LogP contribution < -0.4 is 9.47 Å². The minimum atomic E-state index is -1.86. The van der Waals surface area contributed by atoms with Crippen LogP contribution in [0.25, 0.3) is 0 Å². The molecular weight excluding hydrogens is 270 g/mol. The van der Waals surface area contributed by atoms with Gasteiger partial charge in [0.2, 0.25) is 0 Å². The summed E-state index contributed by atoms with van der Waals surface area (Å²) in [5.41, 5.74) is 0. The molecule has 6 heteroatoms. The topological polar surface area (TPSA) is 55.8 Å². The van der Waals surface area contributed by atoms with Gasteiger partial charge in [-0.3, -0.25) is 0 Å². The van der Waals surface area contributed by atoms with Crippen LogP contribution in [-0.2, 0) is 4.79 Å². The fourth-order valence-corrected chi connectivity index (χ4v) is 1.44. The zero-order valence-corrected chi connectivity index (χ0v) is 10.1. The van der Waals surface area contributed by atoms with Crippen LogP contribution in [0.5, 0.6) is 11.5 Å². The number of halogens is 2. The summed E-state index contributed by atoms with van der Waals surface area (Å²) in [6.07, 6.45) is -1.86. The summed E-state index contributed by atoms with van der Waals surface area (Å²) in [5.74, 6) is -3.57. The second kappa shape index (κ2) is 6.01. The highest BCUT2D eigenvalue weighted by molar-refractivity contribution is 5.71. The van der Waals surface area contributed by atoms with E-state index in [0.717, 1.165) is 12.1 Å². The highest BCUT2D eigenvalue weighted by Crippen LogP contribution is 2.21. The van der Waals surface area contributed by atoms with Crippen LogP contribution in [0, 0.1) is 11.6 Å². The van der Waals surface area contributed by atoms with Crippen LogP contribution in [-0.4, -0.2) is 17.4 Å². The molecule has 4 nitrogen and oxygen atoms in total. The summed E-state index contributed by atoms with van der Waals surface area (Å²) in [6.45, 7) is 0. The van der Waals surface area contributed by atoms with E-state index in [9.17, 15) is 13.6 Å². The summed E-state index contributed by atoms with van der Waals surface area (Å²) in [5, 5.41) is 8.98. The maximum absolute atomic E-state index is 13.4. The second-order valence-electron chi connectivity index (χ2n) is 3.77. The minimum Gasteiger partial charge on any atom is -0.476 e. The molecule has 0 fully saturated rings. The Kier molecular flexibility index (Phi) is 4.14. The first-order valence-electron chi connectivity index (χ1n) is 5.63.